The van der Waals surface area contributed by atoms with Crippen molar-refractivity contribution in [2.24, 2.45) is 0 Å². The number of furan rings is 1. The molecule has 0 radical (unpaired) electrons. The number of nitrogens with zero attached hydrogens (tertiary/aromatic N) is 5. The van der Waals surface area contributed by atoms with Crippen LogP contribution >= 0.6 is 15.9 Å². The molecular weight excluding hydrogens is 486 g/mol. The molecule has 0 aromatic carbocycles. The Bertz CT molecular complexity index is 1280. The number of aryl methyl sites for hydroxylation is 2. The predicted molar refractivity (Wildman–Crippen MR) is 117 cm³/mol. The second kappa shape index (κ2) is 8.81. The van der Waals surface area contributed by atoms with Gasteiger partial charge in [0, 0.05) is 17.8 Å². The van der Waals surface area contributed by atoms with Gasteiger partial charge in [-0.25, -0.2) is 18.4 Å². The number of carbonyl (C=O) groups excluding carboxylic acids is 1. The predicted octanol–water partition coefficient (Wildman–Crippen LogP) is 4.33. The molecule has 0 saturated carbocycles. The zero-order valence-electron chi connectivity index (χ0n) is 17.7. The van der Waals surface area contributed by atoms with Gasteiger partial charge < -0.3 is 9.73 Å². The summed E-state index contributed by atoms with van der Waals surface area (Å²) in [5, 5.41) is 11.8. The highest BCUT2D eigenvalue weighted by Crippen LogP contribution is 2.33. The second-order valence-electron chi connectivity index (χ2n) is 7.37. The average Bonchev–Trinajstić information content (AvgIpc) is 3.45. The quantitative estimate of drug-likeness (QED) is 0.402. The van der Waals surface area contributed by atoms with E-state index >= 15 is 0 Å². The average molecular weight is 507 g/mol. The lowest BCUT2D eigenvalue weighted by atomic mass is 10.1. The van der Waals surface area contributed by atoms with Crippen molar-refractivity contribution >= 4 is 32.9 Å². The van der Waals surface area contributed by atoms with E-state index in [0.717, 1.165) is 15.9 Å². The summed E-state index contributed by atoms with van der Waals surface area (Å²) >= 11 is 3.48. The van der Waals surface area contributed by atoms with Crippen LogP contribution in [-0.4, -0.2) is 37.0 Å². The number of amides is 1. The molecule has 4 aromatic heterocycles. The number of alkyl halides is 2. The van der Waals surface area contributed by atoms with E-state index < -0.39 is 6.43 Å². The van der Waals surface area contributed by atoms with Crippen LogP contribution in [0.5, 0.6) is 0 Å². The van der Waals surface area contributed by atoms with Crippen LogP contribution in [0.2, 0.25) is 0 Å². The Labute approximate surface area is 190 Å². The minimum absolute atomic E-state index is 0.150. The van der Waals surface area contributed by atoms with E-state index in [4.69, 9.17) is 4.42 Å². The molecule has 4 heterocycles. The molecule has 4 aromatic rings. The number of carbonyl (C=O) groups is 1. The number of pyridine rings is 1. The van der Waals surface area contributed by atoms with Gasteiger partial charge in [0.25, 0.3) is 6.43 Å². The van der Waals surface area contributed by atoms with E-state index in [-0.39, 0.29) is 34.7 Å². The van der Waals surface area contributed by atoms with Crippen molar-refractivity contribution < 1.29 is 18.0 Å². The van der Waals surface area contributed by atoms with Gasteiger partial charge in [0.15, 0.2) is 11.4 Å². The topological polar surface area (TPSA) is 90.8 Å². The molecule has 0 unspecified atom stereocenters. The summed E-state index contributed by atoms with van der Waals surface area (Å²) < 4.78 is 37.0. The first-order valence-corrected chi connectivity index (χ1v) is 10.7. The highest BCUT2D eigenvalue weighted by atomic mass is 79.9. The highest BCUT2D eigenvalue weighted by Gasteiger charge is 2.22. The number of aromatic nitrogens is 5. The molecule has 168 valence electrons. The molecule has 4 rings (SSSR count). The van der Waals surface area contributed by atoms with Crippen LogP contribution in [0, 0.1) is 20.8 Å². The molecule has 0 saturated heterocycles. The second-order valence-corrected chi connectivity index (χ2v) is 8.17. The summed E-state index contributed by atoms with van der Waals surface area (Å²) in [6, 6.07) is 4.60. The molecule has 0 fully saturated rings. The lowest BCUT2D eigenvalue weighted by molar-refractivity contribution is -0.121. The maximum absolute atomic E-state index is 13.8. The summed E-state index contributed by atoms with van der Waals surface area (Å²) in [6.45, 7) is 6.17. The number of rotatable bonds is 7. The van der Waals surface area contributed by atoms with Crippen molar-refractivity contribution in [1.29, 1.82) is 0 Å². The summed E-state index contributed by atoms with van der Waals surface area (Å²) in [5.74, 6) is 0.0542. The molecule has 1 N–H and O–H groups in total. The largest absolute Gasteiger partial charge is 0.463 e. The monoisotopic (exact) mass is 506 g/mol. The third-order valence-electron chi connectivity index (χ3n) is 5.15. The van der Waals surface area contributed by atoms with Gasteiger partial charge in [0.1, 0.15) is 12.2 Å². The molecular formula is C21H21BrF2N6O2. The first-order valence-electron chi connectivity index (χ1n) is 9.92. The molecule has 0 aliphatic rings. The van der Waals surface area contributed by atoms with E-state index in [1.807, 2.05) is 13.8 Å². The zero-order chi connectivity index (χ0) is 23.0. The van der Waals surface area contributed by atoms with Crippen LogP contribution in [0.15, 0.2) is 33.4 Å². The van der Waals surface area contributed by atoms with Gasteiger partial charge in [-0.1, -0.05) is 0 Å². The maximum atomic E-state index is 13.8. The number of hydrogen-bond donors (Lipinski definition) is 1. The fraction of sp³-hybridized carbons (Fsp3) is 0.333. The van der Waals surface area contributed by atoms with E-state index in [0.29, 0.717) is 24.5 Å². The summed E-state index contributed by atoms with van der Waals surface area (Å²) in [5.41, 5.74) is 2.51. The van der Waals surface area contributed by atoms with Gasteiger partial charge >= 0.3 is 0 Å². The Morgan fingerprint density at radius 2 is 1.97 bits per heavy atom. The molecule has 0 bridgehead atoms. The van der Waals surface area contributed by atoms with Gasteiger partial charge in [0.05, 0.1) is 34.1 Å². The molecule has 11 heteroatoms. The van der Waals surface area contributed by atoms with Gasteiger partial charge in [0.2, 0.25) is 5.91 Å². The van der Waals surface area contributed by atoms with Gasteiger partial charge in [-0.3, -0.25) is 9.48 Å². The standard InChI is InChI=1S/C21H21BrF2N6O2/c1-11-18-14(20(23)24)9-15(16-5-4-8-32-16)26-21(18)30(27-11)10-17(31)25-6-7-29-13(3)19(22)12(2)28-29/h4-5,8-9,20H,6-7,10H2,1-3H3,(H,25,31). The van der Waals surface area contributed by atoms with Crippen molar-refractivity contribution in [1.82, 2.24) is 29.9 Å². The van der Waals surface area contributed by atoms with E-state index in [1.165, 1.54) is 17.0 Å². The Hall–Kier alpha value is -3.08. The van der Waals surface area contributed by atoms with Crippen LogP contribution in [0.4, 0.5) is 8.78 Å². The smallest absolute Gasteiger partial charge is 0.264 e. The van der Waals surface area contributed by atoms with Crippen LogP contribution in [0.1, 0.15) is 29.1 Å². The van der Waals surface area contributed by atoms with E-state index in [1.54, 1.807) is 23.7 Å². The lowest BCUT2D eigenvalue weighted by Gasteiger charge is -2.09. The van der Waals surface area contributed by atoms with Crippen LogP contribution < -0.4 is 5.32 Å². The number of hydrogen-bond acceptors (Lipinski definition) is 5. The summed E-state index contributed by atoms with van der Waals surface area (Å²) in [4.78, 5) is 17.0. The van der Waals surface area contributed by atoms with Crippen molar-refractivity contribution in [3.63, 3.8) is 0 Å². The molecule has 1 amide bonds. The minimum atomic E-state index is -2.72. The maximum Gasteiger partial charge on any atom is 0.264 e. The molecule has 32 heavy (non-hydrogen) atoms. The van der Waals surface area contributed by atoms with Crippen LogP contribution in [0.3, 0.4) is 0 Å². The highest BCUT2D eigenvalue weighted by molar-refractivity contribution is 9.10. The van der Waals surface area contributed by atoms with Crippen LogP contribution in [-0.2, 0) is 17.9 Å². The van der Waals surface area contributed by atoms with Crippen molar-refractivity contribution in [2.75, 3.05) is 6.54 Å². The normalized spacial score (nSPS) is 11.6. The van der Waals surface area contributed by atoms with Crippen molar-refractivity contribution in [2.45, 2.75) is 40.3 Å². The van der Waals surface area contributed by atoms with Gasteiger partial charge in [-0.05, 0) is 54.9 Å². The van der Waals surface area contributed by atoms with Gasteiger partial charge in [-0.2, -0.15) is 10.2 Å². The third-order valence-corrected chi connectivity index (χ3v) is 6.30. The molecule has 0 spiro atoms. The lowest BCUT2D eigenvalue weighted by Crippen LogP contribution is -2.31. The molecule has 0 aliphatic carbocycles. The number of nitrogens with one attached hydrogen (secondary N) is 1. The molecule has 8 nitrogen and oxygen atoms in total. The fourth-order valence-electron chi connectivity index (χ4n) is 3.61. The SMILES string of the molecule is Cc1nn(CCNC(=O)Cn2nc(C)c3c(C(F)F)cc(-c4ccco4)nc32)c(C)c1Br. The number of fused-ring (bicyclic) bond motifs is 1. The van der Waals surface area contributed by atoms with Gasteiger partial charge in [-0.15, -0.1) is 0 Å². The Kier molecular flexibility index (Phi) is 6.09. The third kappa shape index (κ3) is 4.16. The van der Waals surface area contributed by atoms with E-state index in [2.05, 4.69) is 36.4 Å². The Balaban J connectivity index is 1.56. The van der Waals surface area contributed by atoms with Crippen LogP contribution in [0.25, 0.3) is 22.5 Å². The van der Waals surface area contributed by atoms with Crippen molar-refractivity contribution in [3.05, 3.63) is 51.6 Å². The molecule has 0 atom stereocenters. The van der Waals surface area contributed by atoms with Crippen molar-refractivity contribution in [3.8, 4) is 11.5 Å². The first-order chi connectivity index (χ1) is 15.3. The Morgan fingerprint density at radius 1 is 1.22 bits per heavy atom. The minimum Gasteiger partial charge on any atom is -0.463 e. The first kappa shape index (κ1) is 22.1. The zero-order valence-corrected chi connectivity index (χ0v) is 19.3. The fourth-order valence-corrected chi connectivity index (χ4v) is 3.89. The number of halogens is 3. The Morgan fingerprint density at radius 3 is 2.59 bits per heavy atom. The summed E-state index contributed by atoms with van der Waals surface area (Å²) in [6.07, 6.45) is -1.28. The van der Waals surface area contributed by atoms with E-state index in [9.17, 15) is 13.6 Å². The molecule has 0 aliphatic heterocycles. The summed E-state index contributed by atoms with van der Waals surface area (Å²) in [7, 11) is 0.